The number of methoxy groups -OCH3 is 1. The van der Waals surface area contributed by atoms with Crippen LogP contribution in [0.15, 0.2) is 6.20 Å². The highest BCUT2D eigenvalue weighted by Gasteiger charge is 2.16. The van der Waals surface area contributed by atoms with Crippen LogP contribution < -0.4 is 11.1 Å². The van der Waals surface area contributed by atoms with Crippen molar-refractivity contribution < 1.29 is 9.53 Å². The Morgan fingerprint density at radius 1 is 1.71 bits per heavy atom. The van der Waals surface area contributed by atoms with Crippen molar-refractivity contribution in [2.75, 3.05) is 20.3 Å². The highest BCUT2D eigenvalue weighted by molar-refractivity contribution is 5.95. The molecule has 0 radical (unpaired) electrons. The van der Waals surface area contributed by atoms with E-state index in [1.54, 1.807) is 25.0 Å². The second-order valence-electron chi connectivity index (χ2n) is 3.97. The number of hydrogen-bond acceptors (Lipinski definition) is 4. The van der Waals surface area contributed by atoms with Gasteiger partial charge in [-0.25, -0.2) is 0 Å². The smallest absolute Gasteiger partial charge is 0.255 e. The molecule has 1 aromatic heterocycles. The van der Waals surface area contributed by atoms with E-state index in [0.29, 0.717) is 25.1 Å². The first-order valence-electron chi connectivity index (χ1n) is 5.58. The molecular weight excluding hydrogens is 220 g/mol. The van der Waals surface area contributed by atoms with Crippen LogP contribution in [0, 0.1) is 6.92 Å². The molecule has 17 heavy (non-hydrogen) atoms. The van der Waals surface area contributed by atoms with E-state index in [1.807, 2.05) is 6.92 Å². The molecule has 0 spiro atoms. The van der Waals surface area contributed by atoms with Crippen LogP contribution in [0.2, 0.25) is 0 Å². The highest BCUT2D eigenvalue weighted by Crippen LogP contribution is 2.06. The predicted molar refractivity (Wildman–Crippen MR) is 64.7 cm³/mol. The molecule has 0 aliphatic heterocycles. The number of amides is 1. The molecule has 1 unspecified atom stereocenters. The lowest BCUT2D eigenvalue weighted by Crippen LogP contribution is -2.39. The van der Waals surface area contributed by atoms with E-state index in [-0.39, 0.29) is 11.9 Å². The number of carbonyl (C=O) groups excluding carboxylic acids is 1. The first-order chi connectivity index (χ1) is 8.10. The van der Waals surface area contributed by atoms with Crippen LogP contribution in [0.1, 0.15) is 22.5 Å². The lowest BCUT2D eigenvalue weighted by atomic mass is 10.2. The Morgan fingerprint density at radius 3 is 2.88 bits per heavy atom. The van der Waals surface area contributed by atoms with E-state index in [4.69, 9.17) is 10.5 Å². The van der Waals surface area contributed by atoms with Gasteiger partial charge in [0.25, 0.3) is 5.91 Å². The first kappa shape index (κ1) is 13.7. The zero-order chi connectivity index (χ0) is 12.8. The lowest BCUT2D eigenvalue weighted by Gasteiger charge is -2.16. The Kier molecular flexibility index (Phi) is 5.11. The second kappa shape index (κ2) is 6.36. The summed E-state index contributed by atoms with van der Waals surface area (Å²) in [5.74, 6) is -0.133. The van der Waals surface area contributed by atoms with Crippen molar-refractivity contribution in [3.8, 4) is 0 Å². The number of hydrogen-bond donors (Lipinski definition) is 2. The largest absolute Gasteiger partial charge is 0.383 e. The van der Waals surface area contributed by atoms with Gasteiger partial charge >= 0.3 is 0 Å². The fraction of sp³-hybridized carbons (Fsp3) is 0.636. The maximum absolute atomic E-state index is 12.0. The Labute approximate surface area is 101 Å². The average Bonchev–Trinajstić information content (AvgIpc) is 2.60. The predicted octanol–water partition coefficient (Wildman–Crippen LogP) is -0.178. The Balaban J connectivity index is 2.66. The molecule has 1 amide bonds. The number of nitrogens with zero attached hydrogens (tertiary/aromatic N) is 2. The van der Waals surface area contributed by atoms with Crippen LogP contribution in [0.4, 0.5) is 0 Å². The molecule has 1 aromatic rings. The van der Waals surface area contributed by atoms with Crippen molar-refractivity contribution in [3.05, 3.63) is 17.5 Å². The number of carbonyl (C=O) groups is 1. The zero-order valence-electron chi connectivity index (χ0n) is 10.6. The van der Waals surface area contributed by atoms with Crippen molar-refractivity contribution in [2.24, 2.45) is 12.8 Å². The minimum absolute atomic E-state index is 0.0582. The van der Waals surface area contributed by atoms with E-state index < -0.39 is 0 Å². The number of nitrogens with one attached hydrogen (secondary N) is 1. The number of rotatable bonds is 6. The van der Waals surface area contributed by atoms with E-state index >= 15 is 0 Å². The summed E-state index contributed by atoms with van der Waals surface area (Å²) < 4.78 is 6.71. The molecule has 0 fully saturated rings. The molecule has 1 rings (SSSR count). The Morgan fingerprint density at radius 2 is 2.41 bits per heavy atom. The number of nitrogens with two attached hydrogens (primary N) is 1. The summed E-state index contributed by atoms with van der Waals surface area (Å²) in [6, 6.07) is -0.0582. The molecule has 6 nitrogen and oxygen atoms in total. The quantitative estimate of drug-likeness (QED) is 0.723. The van der Waals surface area contributed by atoms with Crippen molar-refractivity contribution >= 4 is 5.91 Å². The van der Waals surface area contributed by atoms with Crippen molar-refractivity contribution in [1.82, 2.24) is 15.1 Å². The van der Waals surface area contributed by atoms with E-state index in [2.05, 4.69) is 10.4 Å². The molecule has 0 aliphatic carbocycles. The fourth-order valence-corrected chi connectivity index (χ4v) is 1.58. The molecule has 0 aliphatic rings. The second-order valence-corrected chi connectivity index (χ2v) is 3.97. The summed E-state index contributed by atoms with van der Waals surface area (Å²) in [6.45, 7) is 2.83. The summed E-state index contributed by atoms with van der Waals surface area (Å²) in [6.07, 6.45) is 2.26. The molecule has 96 valence electrons. The molecule has 0 saturated carbocycles. The van der Waals surface area contributed by atoms with Crippen LogP contribution in [-0.4, -0.2) is 42.0 Å². The Bertz CT molecular complexity index is 370. The van der Waals surface area contributed by atoms with Crippen LogP contribution in [0.25, 0.3) is 0 Å². The molecule has 0 saturated heterocycles. The van der Waals surface area contributed by atoms with Gasteiger partial charge in [0.2, 0.25) is 0 Å². The summed E-state index contributed by atoms with van der Waals surface area (Å²) in [4.78, 5) is 12.0. The minimum atomic E-state index is -0.133. The summed E-state index contributed by atoms with van der Waals surface area (Å²) in [5, 5.41) is 6.93. The van der Waals surface area contributed by atoms with Gasteiger partial charge in [-0.3, -0.25) is 9.48 Å². The van der Waals surface area contributed by atoms with Crippen molar-refractivity contribution in [3.63, 3.8) is 0 Å². The van der Waals surface area contributed by atoms with Gasteiger partial charge in [0, 0.05) is 19.9 Å². The van der Waals surface area contributed by atoms with Crippen LogP contribution >= 0.6 is 0 Å². The summed E-state index contributed by atoms with van der Waals surface area (Å²) >= 11 is 0. The number of aromatic nitrogens is 2. The Hall–Kier alpha value is -1.40. The van der Waals surface area contributed by atoms with Crippen molar-refractivity contribution in [1.29, 1.82) is 0 Å². The maximum atomic E-state index is 12.0. The van der Waals surface area contributed by atoms with Gasteiger partial charge in [0.15, 0.2) is 0 Å². The van der Waals surface area contributed by atoms with Crippen molar-refractivity contribution in [2.45, 2.75) is 19.4 Å². The van der Waals surface area contributed by atoms with Gasteiger partial charge in [-0.2, -0.15) is 5.10 Å². The van der Waals surface area contributed by atoms with Gasteiger partial charge < -0.3 is 15.8 Å². The molecule has 0 bridgehead atoms. The fourth-order valence-electron chi connectivity index (χ4n) is 1.58. The van der Waals surface area contributed by atoms with Crippen LogP contribution in [0.3, 0.4) is 0 Å². The number of ether oxygens (including phenoxy) is 1. The molecule has 6 heteroatoms. The maximum Gasteiger partial charge on any atom is 0.255 e. The van der Waals surface area contributed by atoms with Gasteiger partial charge in [-0.1, -0.05) is 0 Å². The standard InChI is InChI=1S/C11H20N4O2/c1-8-10(6-13-15(8)2)11(16)14-9(4-5-12)7-17-3/h6,9H,4-5,7,12H2,1-3H3,(H,14,16). The third-order valence-electron chi connectivity index (χ3n) is 2.70. The summed E-state index contributed by atoms with van der Waals surface area (Å²) in [7, 11) is 3.41. The third kappa shape index (κ3) is 3.54. The lowest BCUT2D eigenvalue weighted by molar-refractivity contribution is 0.0892. The van der Waals surface area contributed by atoms with Gasteiger partial charge in [0.05, 0.1) is 24.4 Å². The van der Waals surface area contributed by atoms with E-state index in [1.165, 1.54) is 0 Å². The van der Waals surface area contributed by atoms with Gasteiger partial charge in [-0.15, -0.1) is 0 Å². The summed E-state index contributed by atoms with van der Waals surface area (Å²) in [5.41, 5.74) is 6.91. The number of aryl methyl sites for hydroxylation is 1. The SMILES string of the molecule is COCC(CCN)NC(=O)c1cnn(C)c1C. The first-order valence-corrected chi connectivity index (χ1v) is 5.58. The average molecular weight is 240 g/mol. The molecular formula is C11H20N4O2. The molecule has 1 heterocycles. The third-order valence-corrected chi connectivity index (χ3v) is 2.70. The topological polar surface area (TPSA) is 82.2 Å². The van der Waals surface area contributed by atoms with Crippen LogP contribution in [0.5, 0.6) is 0 Å². The molecule has 3 N–H and O–H groups in total. The normalized spacial score (nSPS) is 12.5. The monoisotopic (exact) mass is 240 g/mol. The van der Waals surface area contributed by atoms with E-state index in [9.17, 15) is 4.79 Å². The zero-order valence-corrected chi connectivity index (χ0v) is 10.6. The molecule has 1 atom stereocenters. The minimum Gasteiger partial charge on any atom is -0.383 e. The molecule has 0 aromatic carbocycles. The van der Waals surface area contributed by atoms with Gasteiger partial charge in [-0.05, 0) is 19.9 Å². The van der Waals surface area contributed by atoms with E-state index in [0.717, 1.165) is 5.69 Å². The van der Waals surface area contributed by atoms with Gasteiger partial charge in [0.1, 0.15) is 0 Å². The van der Waals surface area contributed by atoms with Crippen LogP contribution in [-0.2, 0) is 11.8 Å². The highest BCUT2D eigenvalue weighted by atomic mass is 16.5.